The highest BCUT2D eigenvalue weighted by atomic mass is 16.6. The molecule has 1 aliphatic heterocycles. The summed E-state index contributed by atoms with van der Waals surface area (Å²) in [7, 11) is 0. The predicted molar refractivity (Wildman–Crippen MR) is 107 cm³/mol. The molecule has 2 aromatic carbocycles. The number of hydrogen-bond acceptors (Lipinski definition) is 5. The lowest BCUT2D eigenvalue weighted by Crippen LogP contribution is -2.60. The standard InChI is InChI=1S/C22H22N2O6/c25-19(26)11-23-20(27)22(9-10-29-13-22)24-21(28)30-12-18-16-7-3-1-5-14(16)15-6-2-4-8-17(15)18/h1-8,18H,9-13H2,(H,23,27)(H,24,28)(H,25,26). The number of carbonyl (C=O) groups excluding carboxylic acids is 2. The van der Waals surface area contributed by atoms with Gasteiger partial charge in [0.05, 0.1) is 6.61 Å². The fourth-order valence-electron chi connectivity index (χ4n) is 4.05. The van der Waals surface area contributed by atoms with Gasteiger partial charge in [-0.25, -0.2) is 4.79 Å². The molecule has 2 aromatic rings. The maximum Gasteiger partial charge on any atom is 0.408 e. The van der Waals surface area contributed by atoms with Crippen LogP contribution in [-0.2, 0) is 19.1 Å². The molecule has 4 rings (SSSR count). The number of hydrogen-bond donors (Lipinski definition) is 3. The molecule has 0 saturated carbocycles. The number of carbonyl (C=O) groups is 3. The van der Waals surface area contributed by atoms with E-state index in [4.69, 9.17) is 14.6 Å². The summed E-state index contributed by atoms with van der Waals surface area (Å²) in [6.45, 7) is -0.173. The normalized spacial score (nSPS) is 19.6. The van der Waals surface area contributed by atoms with Gasteiger partial charge in [-0.05, 0) is 22.3 Å². The van der Waals surface area contributed by atoms with Gasteiger partial charge in [0.15, 0.2) is 0 Å². The number of alkyl carbamates (subject to hydrolysis) is 1. The van der Waals surface area contributed by atoms with Gasteiger partial charge in [0, 0.05) is 18.9 Å². The van der Waals surface area contributed by atoms with E-state index in [1.807, 2.05) is 48.5 Å². The highest BCUT2D eigenvalue weighted by molar-refractivity contribution is 5.92. The largest absolute Gasteiger partial charge is 0.480 e. The van der Waals surface area contributed by atoms with Gasteiger partial charge in [0.2, 0.25) is 5.91 Å². The van der Waals surface area contributed by atoms with E-state index in [0.717, 1.165) is 22.3 Å². The predicted octanol–water partition coefficient (Wildman–Crippen LogP) is 1.89. The molecule has 0 spiro atoms. The molecular formula is C22H22N2O6. The van der Waals surface area contributed by atoms with Crippen molar-refractivity contribution in [2.24, 2.45) is 0 Å². The Hall–Kier alpha value is -3.39. The number of carboxylic acid groups (broad SMARTS) is 1. The van der Waals surface area contributed by atoms with Gasteiger partial charge in [0.25, 0.3) is 0 Å². The summed E-state index contributed by atoms with van der Waals surface area (Å²) in [6, 6.07) is 16.0. The number of fused-ring (bicyclic) bond motifs is 3. The van der Waals surface area contributed by atoms with E-state index in [2.05, 4.69) is 10.6 Å². The molecule has 1 atom stereocenters. The van der Waals surface area contributed by atoms with E-state index in [9.17, 15) is 14.4 Å². The molecule has 0 aromatic heterocycles. The lowest BCUT2D eigenvalue weighted by Gasteiger charge is -2.27. The fraction of sp³-hybridized carbons (Fsp3) is 0.318. The van der Waals surface area contributed by atoms with Crippen molar-refractivity contribution in [2.75, 3.05) is 26.4 Å². The summed E-state index contributed by atoms with van der Waals surface area (Å²) in [4.78, 5) is 35.8. The SMILES string of the molecule is O=C(O)CNC(=O)C1(NC(=O)OCC2c3ccccc3-c3ccccc32)CCOC1. The molecule has 1 aliphatic carbocycles. The second-order valence-electron chi connectivity index (χ2n) is 7.41. The van der Waals surface area contributed by atoms with E-state index >= 15 is 0 Å². The minimum Gasteiger partial charge on any atom is -0.480 e. The number of carboxylic acids is 1. The van der Waals surface area contributed by atoms with Gasteiger partial charge in [-0.1, -0.05) is 48.5 Å². The molecule has 1 saturated heterocycles. The first-order valence-corrected chi connectivity index (χ1v) is 9.71. The van der Waals surface area contributed by atoms with Crippen molar-refractivity contribution in [1.82, 2.24) is 10.6 Å². The van der Waals surface area contributed by atoms with E-state index in [1.54, 1.807) is 0 Å². The van der Waals surface area contributed by atoms with Crippen LogP contribution in [0.25, 0.3) is 11.1 Å². The Morgan fingerprint density at radius 2 is 1.70 bits per heavy atom. The van der Waals surface area contributed by atoms with E-state index in [0.29, 0.717) is 0 Å². The number of amides is 2. The van der Waals surface area contributed by atoms with Gasteiger partial charge in [-0.3, -0.25) is 9.59 Å². The zero-order valence-corrected chi connectivity index (χ0v) is 16.2. The maximum absolute atomic E-state index is 12.5. The van der Waals surface area contributed by atoms with Crippen LogP contribution in [0.4, 0.5) is 4.79 Å². The molecule has 1 heterocycles. The van der Waals surface area contributed by atoms with Crippen LogP contribution in [-0.4, -0.2) is 55.0 Å². The van der Waals surface area contributed by atoms with Gasteiger partial charge in [-0.15, -0.1) is 0 Å². The Morgan fingerprint density at radius 3 is 2.27 bits per heavy atom. The third-order valence-corrected chi connectivity index (χ3v) is 5.54. The zero-order valence-electron chi connectivity index (χ0n) is 16.2. The highest BCUT2D eigenvalue weighted by Crippen LogP contribution is 2.44. The lowest BCUT2D eigenvalue weighted by atomic mass is 9.97. The molecule has 8 heteroatoms. The van der Waals surface area contributed by atoms with Crippen molar-refractivity contribution in [3.8, 4) is 11.1 Å². The first-order chi connectivity index (χ1) is 14.5. The third kappa shape index (κ3) is 3.73. The molecule has 2 aliphatic rings. The van der Waals surface area contributed by atoms with E-state index in [-0.39, 0.29) is 32.2 Å². The Balaban J connectivity index is 1.44. The van der Waals surface area contributed by atoms with Crippen molar-refractivity contribution in [1.29, 1.82) is 0 Å². The minimum absolute atomic E-state index is 0.0390. The summed E-state index contributed by atoms with van der Waals surface area (Å²) in [5, 5.41) is 13.7. The summed E-state index contributed by atoms with van der Waals surface area (Å²) in [6.07, 6.45) is -0.504. The molecule has 1 unspecified atom stereocenters. The topological polar surface area (TPSA) is 114 Å². The van der Waals surface area contributed by atoms with Crippen LogP contribution in [0.15, 0.2) is 48.5 Å². The highest BCUT2D eigenvalue weighted by Gasteiger charge is 2.44. The number of benzene rings is 2. The van der Waals surface area contributed by atoms with Crippen LogP contribution >= 0.6 is 0 Å². The number of rotatable bonds is 6. The molecule has 0 bridgehead atoms. The number of nitrogens with one attached hydrogen (secondary N) is 2. The Morgan fingerprint density at radius 1 is 1.07 bits per heavy atom. The smallest absolute Gasteiger partial charge is 0.408 e. The van der Waals surface area contributed by atoms with Crippen LogP contribution < -0.4 is 10.6 Å². The van der Waals surface area contributed by atoms with Crippen molar-refractivity contribution >= 4 is 18.0 Å². The van der Waals surface area contributed by atoms with Gasteiger partial charge < -0.3 is 25.2 Å². The van der Waals surface area contributed by atoms with Gasteiger partial charge in [-0.2, -0.15) is 0 Å². The minimum atomic E-state index is -1.34. The molecule has 1 fully saturated rings. The average Bonchev–Trinajstić information content (AvgIpc) is 3.34. The molecule has 8 nitrogen and oxygen atoms in total. The quantitative estimate of drug-likeness (QED) is 0.670. The monoisotopic (exact) mass is 410 g/mol. The molecule has 30 heavy (non-hydrogen) atoms. The van der Waals surface area contributed by atoms with Crippen molar-refractivity contribution in [3.63, 3.8) is 0 Å². The molecule has 156 valence electrons. The Labute approximate surface area is 173 Å². The summed E-state index contributed by atoms with van der Waals surface area (Å²) in [5.74, 6) is -1.87. The van der Waals surface area contributed by atoms with Crippen molar-refractivity contribution in [2.45, 2.75) is 17.9 Å². The van der Waals surface area contributed by atoms with Gasteiger partial charge in [0.1, 0.15) is 18.7 Å². The summed E-state index contributed by atoms with van der Waals surface area (Å²) < 4.78 is 10.8. The zero-order chi connectivity index (χ0) is 21.1. The second kappa shape index (κ2) is 8.16. The number of aliphatic carboxylic acids is 1. The van der Waals surface area contributed by atoms with Gasteiger partial charge >= 0.3 is 12.1 Å². The second-order valence-corrected chi connectivity index (χ2v) is 7.41. The Kier molecular flexibility index (Phi) is 5.41. The fourth-order valence-corrected chi connectivity index (χ4v) is 4.05. The third-order valence-electron chi connectivity index (χ3n) is 5.54. The molecular weight excluding hydrogens is 388 g/mol. The Bertz CT molecular complexity index is 938. The average molecular weight is 410 g/mol. The maximum atomic E-state index is 12.5. The van der Waals surface area contributed by atoms with Crippen LogP contribution in [0.2, 0.25) is 0 Å². The summed E-state index contributed by atoms with van der Waals surface area (Å²) in [5.41, 5.74) is 3.08. The molecule has 3 N–H and O–H groups in total. The van der Waals surface area contributed by atoms with Crippen LogP contribution in [0.3, 0.4) is 0 Å². The molecule has 2 amide bonds. The first kappa shape index (κ1) is 19.9. The summed E-state index contributed by atoms with van der Waals surface area (Å²) >= 11 is 0. The van der Waals surface area contributed by atoms with Crippen LogP contribution in [0, 0.1) is 0 Å². The van der Waals surface area contributed by atoms with E-state index < -0.39 is 30.1 Å². The molecule has 0 radical (unpaired) electrons. The van der Waals surface area contributed by atoms with Crippen molar-refractivity contribution < 1.29 is 29.0 Å². The lowest BCUT2D eigenvalue weighted by molar-refractivity contribution is -0.139. The number of ether oxygens (including phenoxy) is 2. The van der Waals surface area contributed by atoms with E-state index in [1.165, 1.54) is 0 Å². The van der Waals surface area contributed by atoms with Crippen molar-refractivity contribution in [3.05, 3.63) is 59.7 Å². The first-order valence-electron chi connectivity index (χ1n) is 9.71. The van der Waals surface area contributed by atoms with Crippen LogP contribution in [0.1, 0.15) is 23.5 Å². The van der Waals surface area contributed by atoms with Crippen LogP contribution in [0.5, 0.6) is 0 Å².